The number of benzene rings is 1. The Bertz CT molecular complexity index is 653. The van der Waals surface area contributed by atoms with Crippen LogP contribution in [0, 0.1) is 0 Å². The molecule has 3 atom stereocenters. The number of carbonyl (C=O) groups is 2. The number of carbonyl (C=O) groups excluding carboxylic acids is 1. The number of ether oxygens (including phenoxy) is 2. The lowest BCUT2D eigenvalue weighted by molar-refractivity contribution is -0.139. The zero-order chi connectivity index (χ0) is 19.4. The van der Waals surface area contributed by atoms with E-state index in [1.165, 1.54) is 0 Å². The van der Waals surface area contributed by atoms with Crippen LogP contribution in [0.2, 0.25) is 0 Å². The quantitative estimate of drug-likeness (QED) is 0.816. The van der Waals surface area contributed by atoms with E-state index in [1.54, 1.807) is 24.3 Å². The first-order chi connectivity index (χ1) is 12.9. The number of nitrogens with zero attached hydrogens (tertiary/aromatic N) is 2. The molecule has 7 heteroatoms. The monoisotopic (exact) mass is 376 g/mol. The molecule has 2 aliphatic heterocycles. The molecule has 0 saturated carbocycles. The van der Waals surface area contributed by atoms with Gasteiger partial charge in [0.05, 0.1) is 12.2 Å². The van der Waals surface area contributed by atoms with Crippen molar-refractivity contribution in [1.82, 2.24) is 9.80 Å². The van der Waals surface area contributed by atoms with Gasteiger partial charge in [-0.05, 0) is 51.0 Å². The zero-order valence-electron chi connectivity index (χ0n) is 16.0. The first-order valence-electron chi connectivity index (χ1n) is 9.56. The van der Waals surface area contributed by atoms with Gasteiger partial charge in [0.1, 0.15) is 5.75 Å². The van der Waals surface area contributed by atoms with Gasteiger partial charge in [0.25, 0.3) is 5.91 Å². The van der Waals surface area contributed by atoms with Crippen molar-refractivity contribution in [1.29, 1.82) is 0 Å². The van der Waals surface area contributed by atoms with Crippen LogP contribution in [0.4, 0.5) is 0 Å². The number of hydrogen-bond acceptors (Lipinski definition) is 5. The maximum Gasteiger partial charge on any atom is 0.341 e. The van der Waals surface area contributed by atoms with Crippen LogP contribution in [0.15, 0.2) is 24.3 Å². The second kappa shape index (κ2) is 8.71. The molecular formula is C20H28N2O5. The minimum atomic E-state index is -1.03. The van der Waals surface area contributed by atoms with Crippen LogP contribution >= 0.6 is 0 Å². The van der Waals surface area contributed by atoms with Crippen molar-refractivity contribution in [2.24, 2.45) is 0 Å². The largest absolute Gasteiger partial charge is 0.482 e. The lowest BCUT2D eigenvalue weighted by atomic mass is 10.1. The summed E-state index contributed by atoms with van der Waals surface area (Å²) in [7, 11) is 0. The number of morpholine rings is 1. The van der Waals surface area contributed by atoms with Crippen molar-refractivity contribution >= 4 is 11.9 Å². The summed E-state index contributed by atoms with van der Waals surface area (Å²) < 4.78 is 10.9. The van der Waals surface area contributed by atoms with Gasteiger partial charge in [-0.1, -0.05) is 0 Å². The number of hydrogen-bond donors (Lipinski definition) is 1. The lowest BCUT2D eigenvalue weighted by Crippen LogP contribution is -2.50. The minimum absolute atomic E-state index is 0.0247. The number of carboxylic acid groups (broad SMARTS) is 1. The Balaban J connectivity index is 1.60. The summed E-state index contributed by atoms with van der Waals surface area (Å²) in [6.07, 6.45) is 2.48. The standard InChI is InChI=1S/C20H28N2O5/c1-14-10-21(11-15(2)27-14)12-17-4-3-9-22(17)20(25)16-5-7-18(8-6-16)26-13-19(23)24/h5-8,14-15,17H,3-4,9-13H2,1-2H3,(H,23,24). The van der Waals surface area contributed by atoms with E-state index in [0.717, 1.165) is 39.0 Å². The Labute approximate surface area is 159 Å². The molecule has 0 radical (unpaired) electrons. The van der Waals surface area contributed by atoms with Gasteiger partial charge in [0, 0.05) is 37.8 Å². The van der Waals surface area contributed by atoms with Crippen LogP contribution in [0.5, 0.6) is 5.75 Å². The summed E-state index contributed by atoms with van der Waals surface area (Å²) in [6, 6.07) is 6.92. The summed E-state index contributed by atoms with van der Waals surface area (Å²) in [5.41, 5.74) is 0.605. The molecule has 0 aliphatic carbocycles. The van der Waals surface area contributed by atoms with E-state index in [0.29, 0.717) is 11.3 Å². The molecule has 2 heterocycles. The van der Waals surface area contributed by atoms with Gasteiger partial charge < -0.3 is 19.5 Å². The average Bonchev–Trinajstić information content (AvgIpc) is 3.07. The first kappa shape index (κ1) is 19.6. The third-order valence-corrected chi connectivity index (χ3v) is 5.07. The second-order valence-corrected chi connectivity index (χ2v) is 7.48. The Kier molecular flexibility index (Phi) is 6.34. The van der Waals surface area contributed by atoms with E-state index >= 15 is 0 Å². The highest BCUT2D eigenvalue weighted by Crippen LogP contribution is 2.23. The molecule has 1 aromatic carbocycles. The van der Waals surface area contributed by atoms with Gasteiger partial charge in [0.2, 0.25) is 0 Å². The molecule has 27 heavy (non-hydrogen) atoms. The van der Waals surface area contributed by atoms with E-state index in [1.807, 2.05) is 4.90 Å². The fourth-order valence-electron chi connectivity index (χ4n) is 4.03. The SMILES string of the molecule is CC1CN(CC2CCCN2C(=O)c2ccc(OCC(=O)O)cc2)CC(C)O1. The molecule has 2 saturated heterocycles. The highest BCUT2D eigenvalue weighted by Gasteiger charge is 2.32. The van der Waals surface area contributed by atoms with Crippen molar-refractivity contribution in [2.75, 3.05) is 32.8 Å². The number of rotatable bonds is 6. The van der Waals surface area contributed by atoms with Gasteiger partial charge in [-0.2, -0.15) is 0 Å². The summed E-state index contributed by atoms with van der Waals surface area (Å²) in [5.74, 6) is -0.554. The number of amides is 1. The fourth-order valence-corrected chi connectivity index (χ4v) is 4.03. The average molecular weight is 376 g/mol. The summed E-state index contributed by atoms with van der Waals surface area (Å²) in [5, 5.41) is 8.66. The normalized spacial score (nSPS) is 26.1. The van der Waals surface area contributed by atoms with Crippen LogP contribution in [0.3, 0.4) is 0 Å². The Hall–Kier alpha value is -2.12. The van der Waals surface area contributed by atoms with E-state index < -0.39 is 12.6 Å². The maximum atomic E-state index is 13.0. The van der Waals surface area contributed by atoms with E-state index in [9.17, 15) is 9.59 Å². The van der Waals surface area contributed by atoms with Crippen molar-refractivity contribution in [3.05, 3.63) is 29.8 Å². The number of likely N-dealkylation sites (tertiary alicyclic amines) is 1. The molecule has 3 rings (SSSR count). The van der Waals surface area contributed by atoms with Gasteiger partial charge in [-0.25, -0.2) is 4.79 Å². The van der Waals surface area contributed by atoms with E-state index in [-0.39, 0.29) is 24.2 Å². The van der Waals surface area contributed by atoms with Crippen LogP contribution in [0.25, 0.3) is 0 Å². The number of aliphatic carboxylic acids is 1. The molecule has 3 unspecified atom stereocenters. The molecule has 1 amide bonds. The summed E-state index contributed by atoms with van der Waals surface area (Å²) >= 11 is 0. The van der Waals surface area contributed by atoms with Gasteiger partial charge in [-0.15, -0.1) is 0 Å². The van der Waals surface area contributed by atoms with E-state index in [2.05, 4.69) is 18.7 Å². The van der Waals surface area contributed by atoms with Gasteiger partial charge >= 0.3 is 5.97 Å². The predicted octanol–water partition coefficient (Wildman–Crippen LogP) is 1.86. The molecule has 7 nitrogen and oxygen atoms in total. The van der Waals surface area contributed by atoms with Crippen molar-refractivity contribution < 1.29 is 24.2 Å². The minimum Gasteiger partial charge on any atom is -0.482 e. The molecule has 1 aromatic rings. The summed E-state index contributed by atoms with van der Waals surface area (Å²) in [4.78, 5) is 27.9. The van der Waals surface area contributed by atoms with Crippen LogP contribution in [-0.2, 0) is 9.53 Å². The number of carboxylic acids is 1. The Morgan fingerprint density at radius 3 is 2.48 bits per heavy atom. The second-order valence-electron chi connectivity index (χ2n) is 7.48. The molecule has 0 spiro atoms. The zero-order valence-corrected chi connectivity index (χ0v) is 16.0. The van der Waals surface area contributed by atoms with Crippen molar-refractivity contribution in [2.45, 2.75) is 44.9 Å². The molecule has 1 N–H and O–H groups in total. The molecule has 0 aromatic heterocycles. The molecule has 2 fully saturated rings. The van der Waals surface area contributed by atoms with Crippen molar-refractivity contribution in [3.8, 4) is 5.75 Å². The third-order valence-electron chi connectivity index (χ3n) is 5.07. The summed E-state index contributed by atoms with van der Waals surface area (Å²) in [6.45, 7) is 7.25. The van der Waals surface area contributed by atoms with Crippen LogP contribution in [-0.4, -0.2) is 77.8 Å². The van der Waals surface area contributed by atoms with Gasteiger partial charge in [-0.3, -0.25) is 9.69 Å². The Morgan fingerprint density at radius 2 is 1.85 bits per heavy atom. The third kappa shape index (κ3) is 5.20. The lowest BCUT2D eigenvalue weighted by Gasteiger charge is -2.38. The molecule has 2 aliphatic rings. The topological polar surface area (TPSA) is 79.3 Å². The van der Waals surface area contributed by atoms with Crippen molar-refractivity contribution in [3.63, 3.8) is 0 Å². The molecule has 0 bridgehead atoms. The Morgan fingerprint density at radius 1 is 1.19 bits per heavy atom. The van der Waals surface area contributed by atoms with E-state index in [4.69, 9.17) is 14.6 Å². The van der Waals surface area contributed by atoms with Crippen LogP contribution < -0.4 is 4.74 Å². The first-order valence-corrected chi connectivity index (χ1v) is 9.56. The molecule has 148 valence electrons. The maximum absolute atomic E-state index is 13.0. The highest BCUT2D eigenvalue weighted by atomic mass is 16.5. The van der Waals surface area contributed by atoms with Crippen LogP contribution in [0.1, 0.15) is 37.0 Å². The fraction of sp³-hybridized carbons (Fsp3) is 0.600. The highest BCUT2D eigenvalue weighted by molar-refractivity contribution is 5.94. The smallest absolute Gasteiger partial charge is 0.341 e. The molecular weight excluding hydrogens is 348 g/mol. The predicted molar refractivity (Wildman–Crippen MR) is 100 cm³/mol. The van der Waals surface area contributed by atoms with Gasteiger partial charge in [0.15, 0.2) is 6.61 Å².